The summed E-state index contributed by atoms with van der Waals surface area (Å²) in [6.07, 6.45) is 5.89. The Morgan fingerprint density at radius 1 is 1.00 bits per heavy atom. The Bertz CT molecular complexity index is 1390. The number of rotatable bonds is 7. The second kappa shape index (κ2) is 11.6. The maximum atomic E-state index is 13.1. The molecule has 0 spiro atoms. The third-order valence-corrected chi connectivity index (χ3v) is 7.93. The lowest BCUT2D eigenvalue weighted by molar-refractivity contribution is -0.137. The van der Waals surface area contributed by atoms with Gasteiger partial charge in [-0.2, -0.15) is 13.2 Å². The SMILES string of the molecule is O=C(NC1CCCCCC1)c1ccc(Cn2c(SCc3cccc(C(F)(F)F)c3)nc3ccncc32)cc1. The van der Waals surface area contributed by atoms with Gasteiger partial charge in [0.15, 0.2) is 5.16 Å². The van der Waals surface area contributed by atoms with E-state index in [0.29, 0.717) is 28.6 Å². The molecule has 1 amide bonds. The Labute approximate surface area is 223 Å². The molecule has 1 aliphatic rings. The van der Waals surface area contributed by atoms with Crippen molar-refractivity contribution in [3.63, 3.8) is 0 Å². The zero-order chi connectivity index (χ0) is 26.5. The molecule has 0 aliphatic heterocycles. The minimum atomic E-state index is -4.38. The summed E-state index contributed by atoms with van der Waals surface area (Å²) in [4.78, 5) is 21.7. The van der Waals surface area contributed by atoms with Gasteiger partial charge in [0.1, 0.15) is 0 Å². The van der Waals surface area contributed by atoms with Gasteiger partial charge in [-0.1, -0.05) is 67.8 Å². The Balaban J connectivity index is 1.31. The fraction of sp³-hybridized carbons (Fsp3) is 0.345. The van der Waals surface area contributed by atoms with Gasteiger partial charge in [-0.05, 0) is 48.2 Å². The van der Waals surface area contributed by atoms with E-state index in [1.165, 1.54) is 36.7 Å². The number of benzene rings is 2. The first kappa shape index (κ1) is 26.3. The second-order valence-corrected chi connectivity index (χ2v) is 10.6. The van der Waals surface area contributed by atoms with E-state index in [2.05, 4.69) is 10.3 Å². The number of pyridine rings is 1. The van der Waals surface area contributed by atoms with Crippen molar-refractivity contribution in [1.29, 1.82) is 0 Å². The average Bonchev–Trinajstić information content (AvgIpc) is 3.06. The van der Waals surface area contributed by atoms with Crippen LogP contribution in [0, 0.1) is 0 Å². The molecule has 4 aromatic rings. The van der Waals surface area contributed by atoms with Gasteiger partial charge in [0.25, 0.3) is 5.91 Å². The van der Waals surface area contributed by atoms with Gasteiger partial charge in [0.2, 0.25) is 0 Å². The Morgan fingerprint density at radius 3 is 2.50 bits per heavy atom. The molecule has 1 fully saturated rings. The lowest BCUT2D eigenvalue weighted by Gasteiger charge is -2.16. The predicted octanol–water partition coefficient (Wildman–Crippen LogP) is 7.24. The summed E-state index contributed by atoms with van der Waals surface area (Å²) in [7, 11) is 0. The number of hydrogen-bond donors (Lipinski definition) is 1. The van der Waals surface area contributed by atoms with Crippen molar-refractivity contribution >= 4 is 28.7 Å². The molecular formula is C29H29F3N4OS. The molecule has 2 aromatic carbocycles. The van der Waals surface area contributed by atoms with Crippen LogP contribution in [-0.2, 0) is 18.5 Å². The number of thioether (sulfide) groups is 1. The van der Waals surface area contributed by atoms with E-state index in [0.717, 1.165) is 48.3 Å². The maximum absolute atomic E-state index is 13.1. The van der Waals surface area contributed by atoms with Gasteiger partial charge in [0.05, 0.1) is 29.3 Å². The van der Waals surface area contributed by atoms with Gasteiger partial charge in [0, 0.05) is 23.6 Å². The molecule has 1 N–H and O–H groups in total. The highest BCUT2D eigenvalue weighted by Crippen LogP contribution is 2.32. The van der Waals surface area contributed by atoms with Crippen LogP contribution in [0.3, 0.4) is 0 Å². The molecule has 0 bridgehead atoms. The monoisotopic (exact) mass is 538 g/mol. The lowest BCUT2D eigenvalue weighted by atomic mass is 10.1. The highest BCUT2D eigenvalue weighted by Gasteiger charge is 2.30. The standard InChI is InChI=1S/C29H29F3N4OS/c30-29(31,32)23-7-5-6-21(16-23)19-38-28-35-25-14-15-33-17-26(25)36(28)18-20-10-12-22(13-11-20)27(37)34-24-8-3-1-2-4-9-24/h5-7,10-17,24H,1-4,8-9,18-19H2,(H,34,37). The number of hydrogen-bond acceptors (Lipinski definition) is 4. The average molecular weight is 539 g/mol. The molecule has 38 heavy (non-hydrogen) atoms. The van der Waals surface area contributed by atoms with E-state index in [-0.39, 0.29) is 11.9 Å². The van der Waals surface area contributed by atoms with Crippen molar-refractivity contribution in [2.45, 2.75) is 68.2 Å². The van der Waals surface area contributed by atoms with Crippen LogP contribution < -0.4 is 5.32 Å². The number of fused-ring (bicyclic) bond motifs is 1. The summed E-state index contributed by atoms with van der Waals surface area (Å²) in [5.41, 5.74) is 3.15. The van der Waals surface area contributed by atoms with Crippen molar-refractivity contribution in [2.75, 3.05) is 0 Å². The van der Waals surface area contributed by atoms with Crippen LogP contribution in [-0.4, -0.2) is 26.5 Å². The molecule has 5 nitrogen and oxygen atoms in total. The van der Waals surface area contributed by atoms with E-state index < -0.39 is 11.7 Å². The van der Waals surface area contributed by atoms with Gasteiger partial charge >= 0.3 is 6.18 Å². The van der Waals surface area contributed by atoms with Crippen LogP contribution in [0.15, 0.2) is 72.1 Å². The van der Waals surface area contributed by atoms with Gasteiger partial charge in [-0.15, -0.1) is 0 Å². The summed E-state index contributed by atoms with van der Waals surface area (Å²) < 4.78 is 41.4. The van der Waals surface area contributed by atoms with Gasteiger partial charge in [-0.3, -0.25) is 9.78 Å². The zero-order valence-electron chi connectivity index (χ0n) is 20.9. The molecule has 0 saturated heterocycles. The normalized spacial score (nSPS) is 14.9. The first-order valence-electron chi connectivity index (χ1n) is 12.9. The molecule has 0 unspecified atom stereocenters. The van der Waals surface area contributed by atoms with Crippen LogP contribution in [0.1, 0.15) is 65.6 Å². The molecule has 1 saturated carbocycles. The summed E-state index contributed by atoms with van der Waals surface area (Å²) in [6, 6.07) is 15.0. The molecule has 2 aromatic heterocycles. The Morgan fingerprint density at radius 2 is 1.76 bits per heavy atom. The first-order valence-corrected chi connectivity index (χ1v) is 13.8. The fourth-order valence-corrected chi connectivity index (χ4v) is 5.79. The van der Waals surface area contributed by atoms with Crippen LogP contribution in [0.5, 0.6) is 0 Å². The van der Waals surface area contributed by atoms with Gasteiger partial charge < -0.3 is 9.88 Å². The minimum Gasteiger partial charge on any atom is -0.349 e. The number of nitrogens with zero attached hydrogens (tertiary/aromatic N) is 3. The van der Waals surface area contributed by atoms with Crippen molar-refractivity contribution in [3.05, 3.63) is 89.2 Å². The molecular weight excluding hydrogens is 509 g/mol. The van der Waals surface area contributed by atoms with E-state index in [1.54, 1.807) is 18.5 Å². The van der Waals surface area contributed by atoms with Crippen LogP contribution in [0.25, 0.3) is 11.0 Å². The molecule has 2 heterocycles. The Hall–Kier alpha value is -3.33. The third kappa shape index (κ3) is 6.38. The van der Waals surface area contributed by atoms with Crippen molar-refractivity contribution in [1.82, 2.24) is 19.9 Å². The fourth-order valence-electron chi connectivity index (χ4n) is 4.83. The molecule has 0 radical (unpaired) electrons. The van der Waals surface area contributed by atoms with Crippen molar-refractivity contribution in [3.8, 4) is 0 Å². The lowest BCUT2D eigenvalue weighted by Crippen LogP contribution is -2.34. The van der Waals surface area contributed by atoms with E-state index >= 15 is 0 Å². The van der Waals surface area contributed by atoms with Crippen molar-refractivity contribution in [2.24, 2.45) is 0 Å². The number of amides is 1. The molecule has 0 atom stereocenters. The number of alkyl halides is 3. The van der Waals surface area contributed by atoms with Crippen LogP contribution in [0.4, 0.5) is 13.2 Å². The van der Waals surface area contributed by atoms with E-state index in [9.17, 15) is 18.0 Å². The van der Waals surface area contributed by atoms with Crippen LogP contribution in [0.2, 0.25) is 0 Å². The quantitative estimate of drug-likeness (QED) is 0.199. The van der Waals surface area contributed by atoms with Gasteiger partial charge in [-0.25, -0.2) is 4.98 Å². The summed E-state index contributed by atoms with van der Waals surface area (Å²) >= 11 is 1.39. The largest absolute Gasteiger partial charge is 0.416 e. The number of nitrogens with one attached hydrogen (secondary N) is 1. The number of halogens is 3. The number of carbonyl (C=O) groups is 1. The predicted molar refractivity (Wildman–Crippen MR) is 143 cm³/mol. The summed E-state index contributed by atoms with van der Waals surface area (Å²) in [6.45, 7) is 0.498. The minimum absolute atomic E-state index is 0.0435. The Kier molecular flexibility index (Phi) is 8.02. The van der Waals surface area contributed by atoms with Crippen molar-refractivity contribution < 1.29 is 18.0 Å². The van der Waals surface area contributed by atoms with E-state index in [4.69, 9.17) is 4.98 Å². The topological polar surface area (TPSA) is 59.8 Å². The summed E-state index contributed by atoms with van der Waals surface area (Å²) in [5.74, 6) is 0.305. The first-order chi connectivity index (χ1) is 18.4. The zero-order valence-corrected chi connectivity index (χ0v) is 21.7. The molecule has 198 valence electrons. The maximum Gasteiger partial charge on any atom is 0.416 e. The highest BCUT2D eigenvalue weighted by molar-refractivity contribution is 7.98. The third-order valence-electron chi connectivity index (χ3n) is 6.88. The molecule has 1 aliphatic carbocycles. The summed E-state index contributed by atoms with van der Waals surface area (Å²) in [5, 5.41) is 3.88. The number of aromatic nitrogens is 3. The smallest absolute Gasteiger partial charge is 0.349 e. The molecule has 5 rings (SSSR count). The van der Waals surface area contributed by atoms with Crippen LogP contribution >= 0.6 is 11.8 Å². The highest BCUT2D eigenvalue weighted by atomic mass is 32.2. The number of carbonyl (C=O) groups excluding carboxylic acids is 1. The molecule has 9 heteroatoms. The van der Waals surface area contributed by atoms with E-state index in [1.807, 2.05) is 34.9 Å². The number of imidazole rings is 1. The second-order valence-electron chi connectivity index (χ2n) is 9.69.